The fourth-order valence-electron chi connectivity index (χ4n) is 2.88. The number of nitrogens with zero attached hydrogens (tertiary/aromatic N) is 1. The van der Waals surface area contributed by atoms with Crippen molar-refractivity contribution in [2.24, 2.45) is 0 Å². The molecule has 0 unspecified atom stereocenters. The lowest BCUT2D eigenvalue weighted by atomic mass is 10.1. The van der Waals surface area contributed by atoms with Crippen molar-refractivity contribution in [1.29, 1.82) is 0 Å². The van der Waals surface area contributed by atoms with E-state index in [0.717, 1.165) is 24.1 Å². The van der Waals surface area contributed by atoms with E-state index in [1.165, 1.54) is 12.1 Å². The molecule has 6 nitrogen and oxygen atoms in total. The average Bonchev–Trinajstić information content (AvgIpc) is 2.64. The van der Waals surface area contributed by atoms with Crippen LogP contribution in [-0.4, -0.2) is 41.2 Å². The largest absolute Gasteiger partial charge is 0.490 e. The predicted octanol–water partition coefficient (Wildman–Crippen LogP) is 3.77. The molecule has 2 aromatic carbocycles. The van der Waals surface area contributed by atoms with E-state index in [2.05, 4.69) is 5.32 Å². The van der Waals surface area contributed by atoms with E-state index in [0.29, 0.717) is 18.8 Å². The summed E-state index contributed by atoms with van der Waals surface area (Å²) in [6.45, 7) is 3.25. The van der Waals surface area contributed by atoms with Crippen LogP contribution in [0.4, 0.5) is 10.5 Å². The van der Waals surface area contributed by atoms with Gasteiger partial charge in [0, 0.05) is 31.6 Å². The van der Waals surface area contributed by atoms with E-state index in [1.54, 1.807) is 17.0 Å². The number of carbonyl (C=O) groups excluding carboxylic acids is 1. The minimum Gasteiger partial charge on any atom is -0.490 e. The van der Waals surface area contributed by atoms with Crippen LogP contribution in [0.15, 0.2) is 48.5 Å². The highest BCUT2D eigenvalue weighted by Crippen LogP contribution is 2.20. The summed E-state index contributed by atoms with van der Waals surface area (Å²) >= 11 is 0. The zero-order valence-corrected chi connectivity index (χ0v) is 14.6. The van der Waals surface area contributed by atoms with Crippen molar-refractivity contribution in [3.8, 4) is 5.75 Å². The molecule has 6 heteroatoms. The number of likely N-dealkylation sites (tertiary alicyclic amines) is 1. The molecule has 1 saturated heterocycles. The monoisotopic (exact) mass is 354 g/mol. The summed E-state index contributed by atoms with van der Waals surface area (Å²) in [4.78, 5) is 25.0. The van der Waals surface area contributed by atoms with Crippen LogP contribution in [0.1, 0.15) is 28.8 Å². The second-order valence-electron chi connectivity index (χ2n) is 6.43. The smallest absolute Gasteiger partial charge is 0.335 e. The minimum atomic E-state index is -0.954. The number of hydrogen-bond acceptors (Lipinski definition) is 3. The SMILES string of the molecule is Cc1ccc(NC(=O)N2CCC(Oc3ccc(C(=O)O)cc3)CC2)cc1. The van der Waals surface area contributed by atoms with Crippen LogP contribution in [0.2, 0.25) is 0 Å². The molecule has 2 amide bonds. The van der Waals surface area contributed by atoms with E-state index in [-0.39, 0.29) is 17.7 Å². The third-order valence-electron chi connectivity index (χ3n) is 4.44. The standard InChI is InChI=1S/C20H22N2O4/c1-14-2-6-16(7-3-14)21-20(25)22-12-10-18(11-13-22)26-17-8-4-15(5-9-17)19(23)24/h2-9,18H,10-13H2,1H3,(H,21,25)(H,23,24). The molecule has 0 spiro atoms. The Bertz CT molecular complexity index is 763. The predicted molar refractivity (Wildman–Crippen MR) is 98.8 cm³/mol. The number of carboxylic acid groups (broad SMARTS) is 1. The maximum Gasteiger partial charge on any atom is 0.335 e. The second kappa shape index (κ2) is 7.91. The molecular formula is C20H22N2O4. The van der Waals surface area contributed by atoms with Gasteiger partial charge in [0.1, 0.15) is 11.9 Å². The summed E-state index contributed by atoms with van der Waals surface area (Å²) in [5.41, 5.74) is 2.18. The first kappa shape index (κ1) is 17.8. The molecule has 1 aliphatic heterocycles. The van der Waals surface area contributed by atoms with Gasteiger partial charge in [0.15, 0.2) is 0 Å². The molecule has 2 aromatic rings. The average molecular weight is 354 g/mol. The number of benzene rings is 2. The second-order valence-corrected chi connectivity index (χ2v) is 6.43. The molecule has 0 bridgehead atoms. The van der Waals surface area contributed by atoms with Crippen LogP contribution in [-0.2, 0) is 0 Å². The lowest BCUT2D eigenvalue weighted by molar-refractivity contribution is 0.0697. The third-order valence-corrected chi connectivity index (χ3v) is 4.44. The number of nitrogens with one attached hydrogen (secondary N) is 1. The fraction of sp³-hybridized carbons (Fsp3) is 0.300. The molecule has 26 heavy (non-hydrogen) atoms. The van der Waals surface area contributed by atoms with Crippen LogP contribution < -0.4 is 10.1 Å². The Morgan fingerprint density at radius 1 is 1.04 bits per heavy atom. The van der Waals surface area contributed by atoms with Crippen molar-refractivity contribution < 1.29 is 19.4 Å². The number of hydrogen-bond donors (Lipinski definition) is 2. The zero-order chi connectivity index (χ0) is 18.5. The zero-order valence-electron chi connectivity index (χ0n) is 14.6. The number of aromatic carboxylic acids is 1. The van der Waals surface area contributed by atoms with Crippen molar-refractivity contribution in [2.45, 2.75) is 25.9 Å². The fourth-order valence-corrected chi connectivity index (χ4v) is 2.88. The maximum atomic E-state index is 12.3. The van der Waals surface area contributed by atoms with Gasteiger partial charge in [-0.2, -0.15) is 0 Å². The van der Waals surface area contributed by atoms with Gasteiger partial charge < -0.3 is 20.1 Å². The van der Waals surface area contributed by atoms with Gasteiger partial charge in [-0.15, -0.1) is 0 Å². The van der Waals surface area contributed by atoms with Gasteiger partial charge >= 0.3 is 12.0 Å². The van der Waals surface area contributed by atoms with E-state index < -0.39 is 5.97 Å². The third kappa shape index (κ3) is 4.53. The van der Waals surface area contributed by atoms with Gasteiger partial charge in [-0.05, 0) is 43.3 Å². The number of ether oxygens (including phenoxy) is 1. The quantitative estimate of drug-likeness (QED) is 0.876. The Hall–Kier alpha value is -3.02. The highest BCUT2D eigenvalue weighted by molar-refractivity contribution is 5.89. The van der Waals surface area contributed by atoms with Crippen molar-refractivity contribution in [3.05, 3.63) is 59.7 Å². The summed E-state index contributed by atoms with van der Waals surface area (Å²) in [6.07, 6.45) is 1.50. The Labute approximate surface area is 152 Å². The first-order valence-electron chi connectivity index (χ1n) is 8.64. The van der Waals surface area contributed by atoms with E-state index in [9.17, 15) is 9.59 Å². The Morgan fingerprint density at radius 2 is 1.65 bits per heavy atom. The molecule has 2 N–H and O–H groups in total. The number of urea groups is 1. The Balaban J connectivity index is 1.48. The number of rotatable bonds is 4. The normalized spacial score (nSPS) is 14.7. The molecule has 1 aliphatic rings. The summed E-state index contributed by atoms with van der Waals surface area (Å²) in [6, 6.07) is 14.0. The van der Waals surface area contributed by atoms with E-state index in [4.69, 9.17) is 9.84 Å². The first-order chi connectivity index (χ1) is 12.5. The number of piperidine rings is 1. The topological polar surface area (TPSA) is 78.9 Å². The highest BCUT2D eigenvalue weighted by atomic mass is 16.5. The molecule has 3 rings (SSSR count). The number of carbonyl (C=O) groups is 2. The van der Waals surface area contributed by atoms with Crippen LogP contribution in [0.5, 0.6) is 5.75 Å². The van der Waals surface area contributed by atoms with Crippen LogP contribution in [0.3, 0.4) is 0 Å². The van der Waals surface area contributed by atoms with Gasteiger partial charge in [-0.3, -0.25) is 0 Å². The molecular weight excluding hydrogens is 332 g/mol. The lowest BCUT2D eigenvalue weighted by Gasteiger charge is -2.32. The molecule has 0 aromatic heterocycles. The molecule has 136 valence electrons. The van der Waals surface area contributed by atoms with Gasteiger partial charge in [-0.25, -0.2) is 9.59 Å². The summed E-state index contributed by atoms with van der Waals surface area (Å²) < 4.78 is 5.90. The summed E-state index contributed by atoms with van der Waals surface area (Å²) in [5.74, 6) is -0.304. The van der Waals surface area contributed by atoms with Crippen molar-refractivity contribution in [1.82, 2.24) is 4.90 Å². The minimum absolute atomic E-state index is 0.0223. The lowest BCUT2D eigenvalue weighted by Crippen LogP contribution is -2.43. The molecule has 0 aliphatic carbocycles. The first-order valence-corrected chi connectivity index (χ1v) is 8.64. The van der Waals surface area contributed by atoms with Crippen molar-refractivity contribution >= 4 is 17.7 Å². The molecule has 0 atom stereocenters. The van der Waals surface area contributed by atoms with Crippen LogP contribution >= 0.6 is 0 Å². The van der Waals surface area contributed by atoms with Gasteiger partial charge in [0.25, 0.3) is 0 Å². The molecule has 0 saturated carbocycles. The molecule has 0 radical (unpaired) electrons. The van der Waals surface area contributed by atoms with Crippen LogP contribution in [0.25, 0.3) is 0 Å². The molecule has 1 heterocycles. The van der Waals surface area contributed by atoms with Crippen LogP contribution in [0, 0.1) is 6.92 Å². The maximum absolute atomic E-state index is 12.3. The Kier molecular flexibility index (Phi) is 5.41. The van der Waals surface area contributed by atoms with Gasteiger partial charge in [0.05, 0.1) is 5.56 Å². The number of anilines is 1. The summed E-state index contributed by atoms with van der Waals surface area (Å²) in [7, 11) is 0. The Morgan fingerprint density at radius 3 is 2.23 bits per heavy atom. The summed E-state index contributed by atoms with van der Waals surface area (Å²) in [5, 5.41) is 11.8. The molecule has 1 fully saturated rings. The number of amides is 2. The van der Waals surface area contributed by atoms with Gasteiger partial charge in [-0.1, -0.05) is 17.7 Å². The van der Waals surface area contributed by atoms with E-state index >= 15 is 0 Å². The number of aryl methyl sites for hydroxylation is 1. The number of carboxylic acids is 1. The van der Waals surface area contributed by atoms with Crippen molar-refractivity contribution in [3.63, 3.8) is 0 Å². The van der Waals surface area contributed by atoms with Crippen molar-refractivity contribution in [2.75, 3.05) is 18.4 Å². The highest BCUT2D eigenvalue weighted by Gasteiger charge is 2.24. The van der Waals surface area contributed by atoms with E-state index in [1.807, 2.05) is 31.2 Å². The van der Waals surface area contributed by atoms with Gasteiger partial charge in [0.2, 0.25) is 0 Å².